The summed E-state index contributed by atoms with van der Waals surface area (Å²) in [5, 5.41) is 22.7. The molecule has 2 nitrogen and oxygen atoms in total. The van der Waals surface area contributed by atoms with E-state index < -0.39 is 56.2 Å². The topological polar surface area (TPSA) is 40.5 Å². The minimum Gasteiger partial charge on any atom is -0.386 e. The van der Waals surface area contributed by atoms with E-state index in [0.29, 0.717) is 37.6 Å². The average molecular weight is 875 g/mol. The fourth-order valence-electron chi connectivity index (χ4n) is 7.83. The quantitative estimate of drug-likeness (QED) is 0.120. The molecule has 1 atom stereocenters. The van der Waals surface area contributed by atoms with Gasteiger partial charge in [0.2, 0.25) is 0 Å². The standard InChI is InChI=1S/C51H52F6O2S2/c1-45(2,3)33-17-11-30(12-18-33)39-28-61(37-25-23-36(24-26-37)48(9,10)59)29-40(39)43-42(49(52,53)51(56,57)50(43,54)55)38-27-41(31-13-21-35(22-14-31)47(7,8)58)60-44(38)32-15-19-34(20-16-32)46(4,5)6/h11-27,29,58-59H,28H2,1-10H3. The molecule has 0 spiro atoms. The Kier molecular flexibility index (Phi) is 11.0. The van der Waals surface area contributed by atoms with Gasteiger partial charge in [0.25, 0.3) is 0 Å². The summed E-state index contributed by atoms with van der Waals surface area (Å²) in [6, 6.07) is 29.4. The Morgan fingerprint density at radius 3 is 1.39 bits per heavy atom. The van der Waals surface area contributed by atoms with E-state index in [-0.39, 0.29) is 32.6 Å². The van der Waals surface area contributed by atoms with Crippen LogP contribution < -0.4 is 0 Å². The van der Waals surface area contributed by atoms with Crippen molar-refractivity contribution in [2.45, 2.75) is 114 Å². The van der Waals surface area contributed by atoms with E-state index in [4.69, 9.17) is 0 Å². The van der Waals surface area contributed by atoms with Gasteiger partial charge < -0.3 is 10.2 Å². The van der Waals surface area contributed by atoms with Crippen LogP contribution in [-0.4, -0.2) is 39.1 Å². The second-order valence-electron chi connectivity index (χ2n) is 19.3. The molecule has 322 valence electrons. The van der Waals surface area contributed by atoms with Crippen LogP contribution in [0.25, 0.3) is 32.0 Å². The van der Waals surface area contributed by atoms with E-state index in [1.54, 1.807) is 100 Å². The largest absolute Gasteiger partial charge is 0.386 e. The van der Waals surface area contributed by atoms with Crippen LogP contribution in [0.2, 0.25) is 0 Å². The van der Waals surface area contributed by atoms with Crippen LogP contribution in [0, 0.1) is 0 Å². The molecule has 7 rings (SSSR count). The number of rotatable bonds is 8. The van der Waals surface area contributed by atoms with Crippen LogP contribution in [0.4, 0.5) is 26.3 Å². The third-order valence-corrected chi connectivity index (χ3v) is 14.9. The van der Waals surface area contributed by atoms with Gasteiger partial charge in [-0.3, -0.25) is 0 Å². The molecule has 5 aromatic rings. The zero-order chi connectivity index (χ0) is 44.9. The molecule has 1 aliphatic heterocycles. The third kappa shape index (κ3) is 8.03. The molecule has 1 aromatic heterocycles. The molecule has 0 amide bonds. The van der Waals surface area contributed by atoms with Crippen molar-refractivity contribution in [3.8, 4) is 20.9 Å². The second-order valence-corrected chi connectivity index (χ2v) is 22.2. The van der Waals surface area contributed by atoms with Crippen molar-refractivity contribution < 1.29 is 36.6 Å². The van der Waals surface area contributed by atoms with Gasteiger partial charge in [-0.15, -0.1) is 21.8 Å². The normalized spacial score (nSPS) is 19.1. The first-order valence-electron chi connectivity index (χ1n) is 20.2. The Morgan fingerprint density at radius 2 is 0.934 bits per heavy atom. The summed E-state index contributed by atoms with van der Waals surface area (Å²) in [6.45, 7) is 18.6. The number of benzene rings is 4. The molecule has 2 N–H and O–H groups in total. The monoisotopic (exact) mass is 874 g/mol. The van der Waals surface area contributed by atoms with Gasteiger partial charge >= 0.3 is 17.8 Å². The van der Waals surface area contributed by atoms with Gasteiger partial charge in [0.15, 0.2) is 0 Å². The molecule has 1 aliphatic carbocycles. The van der Waals surface area contributed by atoms with Gasteiger partial charge in [-0.05, 0) is 112 Å². The van der Waals surface area contributed by atoms with Gasteiger partial charge in [-0.1, -0.05) is 126 Å². The van der Waals surface area contributed by atoms with Gasteiger partial charge in [0, 0.05) is 37.1 Å². The predicted molar refractivity (Wildman–Crippen MR) is 241 cm³/mol. The molecule has 0 bridgehead atoms. The lowest BCUT2D eigenvalue weighted by molar-refractivity contribution is -0.259. The van der Waals surface area contributed by atoms with Gasteiger partial charge in [0.1, 0.15) is 0 Å². The van der Waals surface area contributed by atoms with Crippen molar-refractivity contribution in [1.29, 1.82) is 0 Å². The number of halogens is 6. The van der Waals surface area contributed by atoms with E-state index in [1.165, 1.54) is 11.4 Å². The molecule has 2 heterocycles. The van der Waals surface area contributed by atoms with E-state index in [2.05, 4.69) is 0 Å². The first kappa shape index (κ1) is 44.8. The number of alkyl halides is 6. The molecule has 0 fully saturated rings. The van der Waals surface area contributed by atoms with Gasteiger partial charge in [-0.25, -0.2) is 0 Å². The first-order valence-corrected chi connectivity index (χ1v) is 22.5. The van der Waals surface area contributed by atoms with Crippen molar-refractivity contribution in [2.24, 2.45) is 0 Å². The summed E-state index contributed by atoms with van der Waals surface area (Å²) >= 11 is 1.06. The highest BCUT2D eigenvalue weighted by Crippen LogP contribution is 2.66. The first-order chi connectivity index (χ1) is 28.0. The number of aliphatic hydroxyl groups is 2. The minimum absolute atomic E-state index is 0.111. The zero-order valence-electron chi connectivity index (χ0n) is 36.1. The lowest BCUT2D eigenvalue weighted by Gasteiger charge is -2.26. The molecular formula is C51H52F6O2S2. The van der Waals surface area contributed by atoms with Crippen LogP contribution >= 0.6 is 21.8 Å². The maximum absolute atomic E-state index is 16.9. The fraction of sp³-hybridized carbons (Fsp3) is 0.353. The summed E-state index contributed by atoms with van der Waals surface area (Å²) in [7, 11) is -1.00. The molecule has 0 radical (unpaired) electrons. The van der Waals surface area contributed by atoms with Crippen LogP contribution in [0.3, 0.4) is 0 Å². The molecule has 0 saturated heterocycles. The third-order valence-electron chi connectivity index (χ3n) is 11.7. The summed E-state index contributed by atoms with van der Waals surface area (Å²) in [4.78, 5) is 1.24. The van der Waals surface area contributed by atoms with Crippen molar-refractivity contribution >= 4 is 38.3 Å². The highest BCUT2D eigenvalue weighted by molar-refractivity contribution is 8.16. The van der Waals surface area contributed by atoms with E-state index >= 15 is 26.3 Å². The fourth-order valence-corrected chi connectivity index (χ4v) is 11.1. The highest BCUT2D eigenvalue weighted by Gasteiger charge is 2.80. The average Bonchev–Trinajstić information content (AvgIpc) is 3.83. The number of hydrogen-bond acceptors (Lipinski definition) is 3. The summed E-state index contributed by atoms with van der Waals surface area (Å²) in [5.74, 6) is -16.2. The maximum Gasteiger partial charge on any atom is 0.380 e. The Labute approximate surface area is 361 Å². The molecular weight excluding hydrogens is 823 g/mol. The Bertz CT molecular complexity index is 2570. The lowest BCUT2D eigenvalue weighted by atomic mass is 9.85. The maximum atomic E-state index is 16.9. The van der Waals surface area contributed by atoms with Crippen LogP contribution in [0.15, 0.2) is 119 Å². The zero-order valence-corrected chi connectivity index (χ0v) is 37.7. The van der Waals surface area contributed by atoms with Crippen molar-refractivity contribution in [1.82, 2.24) is 0 Å². The van der Waals surface area contributed by atoms with Crippen molar-refractivity contribution in [3.63, 3.8) is 0 Å². The molecule has 2 aliphatic rings. The Balaban J connectivity index is 1.54. The molecule has 0 saturated carbocycles. The molecule has 10 heteroatoms. The van der Waals surface area contributed by atoms with Crippen molar-refractivity contribution in [3.05, 3.63) is 148 Å². The van der Waals surface area contributed by atoms with Gasteiger partial charge in [0.05, 0.1) is 11.2 Å². The van der Waals surface area contributed by atoms with E-state index in [1.807, 2.05) is 65.8 Å². The van der Waals surface area contributed by atoms with Gasteiger partial charge in [-0.2, -0.15) is 26.3 Å². The second kappa shape index (κ2) is 15.0. The van der Waals surface area contributed by atoms with E-state index in [9.17, 15) is 10.2 Å². The summed E-state index contributed by atoms with van der Waals surface area (Å²) < 4.78 is 100. The lowest BCUT2D eigenvalue weighted by Crippen LogP contribution is -2.49. The highest BCUT2D eigenvalue weighted by atomic mass is 32.2. The smallest absolute Gasteiger partial charge is 0.380 e. The summed E-state index contributed by atoms with van der Waals surface area (Å²) in [6.07, 6.45) is 0. The van der Waals surface area contributed by atoms with E-state index in [0.717, 1.165) is 22.5 Å². The predicted octanol–water partition coefficient (Wildman–Crippen LogP) is 14.4. The molecule has 61 heavy (non-hydrogen) atoms. The molecule has 4 aromatic carbocycles. The number of thiophene rings is 1. The van der Waals surface area contributed by atoms with Crippen molar-refractivity contribution in [2.75, 3.05) is 5.75 Å². The molecule has 1 unspecified atom stereocenters. The van der Waals surface area contributed by atoms with Crippen LogP contribution in [0.5, 0.6) is 0 Å². The number of hydrogen-bond donors (Lipinski definition) is 2. The number of allylic oxidation sites excluding steroid dienone is 3. The van der Waals surface area contributed by atoms with Crippen LogP contribution in [0.1, 0.15) is 103 Å². The van der Waals surface area contributed by atoms with Crippen LogP contribution in [-0.2, 0) is 22.0 Å². The SMILES string of the molecule is CC(C)(C)c1ccc(C2=C(C3=C(c4cc(-c5ccc(C(C)(C)O)cc5)sc4-c4ccc(C(C)(C)C)cc4)C(F)(F)C(F)(F)C3(F)F)C=S(c3ccc(C(C)(C)O)cc3)C2)cc1. The summed E-state index contributed by atoms with van der Waals surface area (Å²) in [5.41, 5.74) is -1.54. The Hall–Kier alpha value is -4.22. The minimum atomic E-state index is -5.77. The Morgan fingerprint density at radius 1 is 0.525 bits per heavy atom.